The lowest BCUT2D eigenvalue weighted by Gasteiger charge is -2.11. The maximum absolute atomic E-state index is 11.1. The van der Waals surface area contributed by atoms with Crippen LogP contribution in [0, 0.1) is 12.3 Å². The van der Waals surface area contributed by atoms with E-state index < -0.39 is 12.0 Å². The second-order valence-corrected chi connectivity index (χ2v) is 2.97. The number of unbranched alkanes of at least 4 members (excludes halogenated alkanes) is 1. The zero-order valence-electron chi connectivity index (χ0n) is 8.25. The summed E-state index contributed by atoms with van der Waals surface area (Å²) in [5.74, 6) is 0.870. The van der Waals surface area contributed by atoms with Gasteiger partial charge < -0.3 is 10.4 Å². The van der Waals surface area contributed by atoms with Crippen molar-refractivity contribution in [3.8, 4) is 12.3 Å². The fourth-order valence-electron chi connectivity index (χ4n) is 0.922. The lowest BCUT2D eigenvalue weighted by molar-refractivity contribution is -0.141. The van der Waals surface area contributed by atoms with Crippen molar-refractivity contribution >= 4 is 11.9 Å². The third-order valence-electron chi connectivity index (χ3n) is 1.71. The second-order valence-electron chi connectivity index (χ2n) is 2.97. The minimum Gasteiger partial charge on any atom is -0.480 e. The molecule has 78 valence electrons. The number of hydrogen-bond acceptors (Lipinski definition) is 2. The van der Waals surface area contributed by atoms with E-state index >= 15 is 0 Å². The molecule has 1 unspecified atom stereocenters. The molecule has 0 radical (unpaired) electrons. The van der Waals surface area contributed by atoms with Crippen LogP contribution in [0.15, 0.2) is 0 Å². The third-order valence-corrected chi connectivity index (χ3v) is 1.71. The Labute approximate surface area is 83.7 Å². The standard InChI is InChI=1S/C10H15NO3/c1-3-5-7-9(12)11-8(6-4-2)10(13)14/h2,8H,3,5-7H2,1H3,(H,11,12)(H,13,14). The van der Waals surface area contributed by atoms with Crippen LogP contribution in [-0.2, 0) is 9.59 Å². The molecule has 0 heterocycles. The molecule has 1 atom stereocenters. The van der Waals surface area contributed by atoms with E-state index in [0.29, 0.717) is 6.42 Å². The van der Waals surface area contributed by atoms with Crippen molar-refractivity contribution < 1.29 is 14.7 Å². The molecule has 0 aromatic heterocycles. The average Bonchev–Trinajstić information content (AvgIpc) is 2.14. The van der Waals surface area contributed by atoms with Crippen LogP contribution >= 0.6 is 0 Å². The molecule has 0 saturated heterocycles. The van der Waals surface area contributed by atoms with Gasteiger partial charge in [0.1, 0.15) is 6.04 Å². The molecule has 0 aromatic rings. The number of carbonyl (C=O) groups excluding carboxylic acids is 1. The number of aliphatic carboxylic acids is 1. The van der Waals surface area contributed by atoms with Gasteiger partial charge in [-0.05, 0) is 6.42 Å². The van der Waals surface area contributed by atoms with Crippen molar-refractivity contribution in [2.45, 2.75) is 38.6 Å². The van der Waals surface area contributed by atoms with Crippen LogP contribution in [-0.4, -0.2) is 23.0 Å². The SMILES string of the molecule is C#CCC(NC(=O)CCCC)C(=O)O. The molecule has 4 nitrogen and oxygen atoms in total. The Hall–Kier alpha value is -1.50. The summed E-state index contributed by atoms with van der Waals surface area (Å²) in [5.41, 5.74) is 0. The fraction of sp³-hybridized carbons (Fsp3) is 0.600. The second kappa shape index (κ2) is 6.96. The Morgan fingerprint density at radius 3 is 2.64 bits per heavy atom. The molecule has 0 bridgehead atoms. The maximum atomic E-state index is 11.1. The predicted molar refractivity (Wildman–Crippen MR) is 52.5 cm³/mol. The van der Waals surface area contributed by atoms with E-state index in [9.17, 15) is 9.59 Å². The van der Waals surface area contributed by atoms with E-state index in [0.717, 1.165) is 12.8 Å². The quantitative estimate of drug-likeness (QED) is 0.618. The summed E-state index contributed by atoms with van der Waals surface area (Å²) < 4.78 is 0. The molecule has 4 heteroatoms. The zero-order chi connectivity index (χ0) is 11.0. The summed E-state index contributed by atoms with van der Waals surface area (Å²) >= 11 is 0. The first-order chi connectivity index (χ1) is 6.61. The lowest BCUT2D eigenvalue weighted by Crippen LogP contribution is -2.40. The van der Waals surface area contributed by atoms with Crippen molar-refractivity contribution in [1.29, 1.82) is 0 Å². The topological polar surface area (TPSA) is 66.4 Å². The highest BCUT2D eigenvalue weighted by atomic mass is 16.4. The maximum Gasteiger partial charge on any atom is 0.327 e. The van der Waals surface area contributed by atoms with E-state index in [2.05, 4.69) is 11.2 Å². The van der Waals surface area contributed by atoms with Gasteiger partial charge in [-0.15, -0.1) is 12.3 Å². The van der Waals surface area contributed by atoms with Crippen LogP contribution in [0.3, 0.4) is 0 Å². The molecular formula is C10H15NO3. The summed E-state index contributed by atoms with van der Waals surface area (Å²) in [5, 5.41) is 11.0. The Morgan fingerprint density at radius 1 is 1.57 bits per heavy atom. The monoisotopic (exact) mass is 197 g/mol. The summed E-state index contributed by atoms with van der Waals surface area (Å²) in [7, 11) is 0. The molecular weight excluding hydrogens is 182 g/mol. The fourth-order valence-corrected chi connectivity index (χ4v) is 0.922. The zero-order valence-corrected chi connectivity index (χ0v) is 8.25. The molecule has 0 aromatic carbocycles. The van der Waals surface area contributed by atoms with Crippen LogP contribution in [0.2, 0.25) is 0 Å². The van der Waals surface area contributed by atoms with Gasteiger partial charge in [0.25, 0.3) is 0 Å². The molecule has 0 aliphatic heterocycles. The highest BCUT2D eigenvalue weighted by Gasteiger charge is 2.17. The highest BCUT2D eigenvalue weighted by Crippen LogP contribution is 1.96. The van der Waals surface area contributed by atoms with E-state index in [1.54, 1.807) is 0 Å². The van der Waals surface area contributed by atoms with Crippen LogP contribution in [0.4, 0.5) is 0 Å². The largest absolute Gasteiger partial charge is 0.480 e. The first kappa shape index (κ1) is 12.5. The molecule has 1 amide bonds. The van der Waals surface area contributed by atoms with Crippen molar-refractivity contribution in [2.24, 2.45) is 0 Å². The number of amides is 1. The Balaban J connectivity index is 3.97. The number of carbonyl (C=O) groups is 2. The molecule has 0 aliphatic rings. The molecule has 0 spiro atoms. The summed E-state index contributed by atoms with van der Waals surface area (Å²) in [6, 6.07) is -0.954. The van der Waals surface area contributed by atoms with E-state index in [-0.39, 0.29) is 12.3 Å². The normalized spacial score (nSPS) is 11.4. The molecule has 0 saturated carbocycles. The van der Waals surface area contributed by atoms with Gasteiger partial charge in [-0.25, -0.2) is 4.79 Å². The smallest absolute Gasteiger partial charge is 0.327 e. The first-order valence-corrected chi connectivity index (χ1v) is 4.57. The minimum absolute atomic E-state index is 0.0210. The number of terminal acetylenes is 1. The predicted octanol–water partition coefficient (Wildman–Crippen LogP) is 0.769. The number of rotatable bonds is 6. The van der Waals surface area contributed by atoms with E-state index in [1.807, 2.05) is 6.92 Å². The molecule has 2 N–H and O–H groups in total. The number of nitrogens with one attached hydrogen (secondary N) is 1. The van der Waals surface area contributed by atoms with Crippen molar-refractivity contribution in [3.63, 3.8) is 0 Å². The van der Waals surface area contributed by atoms with Gasteiger partial charge >= 0.3 is 5.97 Å². The Kier molecular flexibility index (Phi) is 6.21. The molecule has 0 fully saturated rings. The van der Waals surface area contributed by atoms with Crippen LogP contribution in [0.25, 0.3) is 0 Å². The minimum atomic E-state index is -1.09. The van der Waals surface area contributed by atoms with Gasteiger partial charge in [-0.2, -0.15) is 0 Å². The number of carboxylic acid groups (broad SMARTS) is 1. The Bertz CT molecular complexity index is 242. The van der Waals surface area contributed by atoms with Crippen LogP contribution < -0.4 is 5.32 Å². The van der Waals surface area contributed by atoms with Gasteiger partial charge in [0.15, 0.2) is 0 Å². The van der Waals surface area contributed by atoms with Crippen LogP contribution in [0.5, 0.6) is 0 Å². The van der Waals surface area contributed by atoms with Crippen LogP contribution in [0.1, 0.15) is 32.6 Å². The van der Waals surface area contributed by atoms with Gasteiger partial charge in [0, 0.05) is 12.8 Å². The average molecular weight is 197 g/mol. The van der Waals surface area contributed by atoms with Crippen molar-refractivity contribution in [3.05, 3.63) is 0 Å². The van der Waals surface area contributed by atoms with Gasteiger partial charge in [0.2, 0.25) is 5.91 Å². The lowest BCUT2D eigenvalue weighted by atomic mass is 10.2. The van der Waals surface area contributed by atoms with Gasteiger partial charge in [0.05, 0.1) is 0 Å². The van der Waals surface area contributed by atoms with Gasteiger partial charge in [-0.3, -0.25) is 4.79 Å². The summed E-state index contributed by atoms with van der Waals surface area (Å²) in [6.45, 7) is 1.96. The molecule has 0 aliphatic carbocycles. The molecule has 14 heavy (non-hydrogen) atoms. The van der Waals surface area contributed by atoms with Gasteiger partial charge in [-0.1, -0.05) is 13.3 Å². The number of hydrogen-bond donors (Lipinski definition) is 2. The van der Waals surface area contributed by atoms with Crippen molar-refractivity contribution in [2.75, 3.05) is 0 Å². The Morgan fingerprint density at radius 2 is 2.21 bits per heavy atom. The summed E-state index contributed by atoms with van der Waals surface area (Å²) in [4.78, 5) is 21.7. The first-order valence-electron chi connectivity index (χ1n) is 4.57. The van der Waals surface area contributed by atoms with Crippen molar-refractivity contribution in [1.82, 2.24) is 5.32 Å². The van der Waals surface area contributed by atoms with E-state index in [4.69, 9.17) is 11.5 Å². The van der Waals surface area contributed by atoms with E-state index in [1.165, 1.54) is 0 Å². The summed E-state index contributed by atoms with van der Waals surface area (Å²) in [6.07, 6.45) is 7.01. The number of carboxylic acids is 1. The highest BCUT2D eigenvalue weighted by molar-refractivity contribution is 5.83. The molecule has 0 rings (SSSR count). The third kappa shape index (κ3) is 5.20.